The van der Waals surface area contributed by atoms with Gasteiger partial charge in [0.2, 0.25) is 0 Å². The highest BCUT2D eigenvalue weighted by Gasteiger charge is 2.40. The van der Waals surface area contributed by atoms with Crippen molar-refractivity contribution in [3.8, 4) is 0 Å². The van der Waals surface area contributed by atoms with Crippen molar-refractivity contribution >= 4 is 17.8 Å². The number of hydrogen-bond donors (Lipinski definition) is 0. The summed E-state index contributed by atoms with van der Waals surface area (Å²) < 4.78 is 27.0. The Hall–Kier alpha value is -1.76. The van der Waals surface area contributed by atoms with E-state index in [4.69, 9.17) is 0 Å². The van der Waals surface area contributed by atoms with Crippen molar-refractivity contribution in [2.75, 3.05) is 19.6 Å². The minimum absolute atomic E-state index is 0.0722. The number of urea groups is 1. The zero-order chi connectivity index (χ0) is 17.6. The summed E-state index contributed by atoms with van der Waals surface area (Å²) in [6.07, 6.45) is 2.44. The zero-order valence-electron chi connectivity index (χ0n) is 14.1. The normalized spacial score (nSPS) is 23.6. The lowest BCUT2D eigenvalue weighted by molar-refractivity contribution is 0.149. The van der Waals surface area contributed by atoms with E-state index in [-0.39, 0.29) is 11.5 Å². The molecule has 3 aliphatic rings. The van der Waals surface area contributed by atoms with Crippen molar-refractivity contribution in [2.24, 2.45) is 5.92 Å². The van der Waals surface area contributed by atoms with Crippen LogP contribution in [0.2, 0.25) is 0 Å². The maximum absolute atomic E-state index is 13.5. The molecule has 1 saturated heterocycles. The molecule has 4 rings (SSSR count). The molecule has 2 heterocycles. The van der Waals surface area contributed by atoms with Crippen LogP contribution in [0.1, 0.15) is 25.3 Å². The molecule has 25 heavy (non-hydrogen) atoms. The molecule has 2 aliphatic heterocycles. The second-order valence-electron chi connectivity index (χ2n) is 6.99. The SMILES string of the molecule is CC1=CSC(N2CCN(CC3CC3)C2=O)N1Cc1cc(F)cc(F)c1. The molecule has 7 heteroatoms. The third-order valence-electron chi connectivity index (χ3n) is 4.92. The second kappa shape index (κ2) is 6.52. The third-order valence-corrected chi connectivity index (χ3v) is 6.15. The van der Waals surface area contributed by atoms with Gasteiger partial charge in [-0.05, 0) is 48.8 Å². The predicted molar refractivity (Wildman–Crippen MR) is 93.4 cm³/mol. The number of halogens is 2. The second-order valence-corrected chi connectivity index (χ2v) is 7.92. The maximum atomic E-state index is 13.5. The van der Waals surface area contributed by atoms with Crippen molar-refractivity contribution in [2.45, 2.75) is 31.8 Å². The largest absolute Gasteiger partial charge is 0.341 e. The lowest BCUT2D eigenvalue weighted by atomic mass is 10.2. The molecule has 1 aromatic rings. The van der Waals surface area contributed by atoms with Gasteiger partial charge in [-0.15, -0.1) is 0 Å². The van der Waals surface area contributed by atoms with E-state index in [1.807, 2.05) is 27.0 Å². The number of nitrogens with zero attached hydrogens (tertiary/aromatic N) is 3. The molecule has 134 valence electrons. The predicted octanol–water partition coefficient (Wildman–Crippen LogP) is 3.81. The van der Waals surface area contributed by atoms with Crippen LogP contribution >= 0.6 is 11.8 Å². The van der Waals surface area contributed by atoms with E-state index in [9.17, 15) is 13.6 Å². The van der Waals surface area contributed by atoms with E-state index in [2.05, 4.69) is 0 Å². The summed E-state index contributed by atoms with van der Waals surface area (Å²) in [6, 6.07) is 3.65. The van der Waals surface area contributed by atoms with E-state index in [0.717, 1.165) is 24.9 Å². The molecule has 1 saturated carbocycles. The standard InChI is InChI=1S/C18H21F2N3OS/c1-12-11-25-18(22-5-4-21(17(22)24)9-13-2-3-13)23(12)10-14-6-15(19)8-16(20)7-14/h6-8,11,13,18H,2-5,9-10H2,1H3. The molecule has 1 aliphatic carbocycles. The zero-order valence-corrected chi connectivity index (χ0v) is 14.9. The number of thioether (sulfide) groups is 1. The summed E-state index contributed by atoms with van der Waals surface area (Å²) in [4.78, 5) is 18.6. The lowest BCUT2D eigenvalue weighted by Gasteiger charge is -2.34. The average molecular weight is 365 g/mol. The van der Waals surface area contributed by atoms with Crippen molar-refractivity contribution in [1.29, 1.82) is 0 Å². The Morgan fingerprint density at radius 1 is 1.16 bits per heavy atom. The van der Waals surface area contributed by atoms with Gasteiger partial charge in [0.05, 0.1) is 0 Å². The highest BCUT2D eigenvalue weighted by molar-refractivity contribution is 8.02. The van der Waals surface area contributed by atoms with Crippen molar-refractivity contribution < 1.29 is 13.6 Å². The van der Waals surface area contributed by atoms with E-state index >= 15 is 0 Å². The molecule has 4 nitrogen and oxygen atoms in total. The van der Waals surface area contributed by atoms with Crippen molar-refractivity contribution in [3.05, 3.63) is 46.5 Å². The average Bonchev–Trinajstić information content (AvgIpc) is 3.21. The number of carbonyl (C=O) groups excluding carboxylic acids is 1. The van der Waals surface area contributed by atoms with Gasteiger partial charge in [0, 0.05) is 37.9 Å². The van der Waals surface area contributed by atoms with Crippen LogP contribution in [0, 0.1) is 17.6 Å². The molecule has 0 radical (unpaired) electrons. The summed E-state index contributed by atoms with van der Waals surface area (Å²) in [5.74, 6) is -0.479. The summed E-state index contributed by atoms with van der Waals surface area (Å²) >= 11 is 1.58. The molecule has 2 fully saturated rings. The Labute approximate surface area is 150 Å². The molecule has 0 aromatic heterocycles. The van der Waals surface area contributed by atoms with Crippen LogP contribution in [0.5, 0.6) is 0 Å². The Kier molecular flexibility index (Phi) is 4.35. The quantitative estimate of drug-likeness (QED) is 0.794. The molecule has 1 atom stereocenters. The first kappa shape index (κ1) is 16.7. The van der Waals surface area contributed by atoms with Crippen LogP contribution in [0.4, 0.5) is 13.6 Å². The van der Waals surface area contributed by atoms with Crippen molar-refractivity contribution in [3.63, 3.8) is 0 Å². The Bertz CT molecular complexity index is 702. The number of allylic oxidation sites excluding steroid dienone is 1. The lowest BCUT2D eigenvalue weighted by Crippen LogP contribution is -2.45. The highest BCUT2D eigenvalue weighted by Crippen LogP contribution is 2.37. The summed E-state index contributed by atoms with van der Waals surface area (Å²) in [5.41, 5.74) is 1.43. The Morgan fingerprint density at radius 2 is 1.88 bits per heavy atom. The van der Waals surface area contributed by atoms with Gasteiger partial charge in [-0.25, -0.2) is 13.6 Å². The van der Waals surface area contributed by atoms with E-state index in [1.165, 1.54) is 25.0 Å². The molecule has 1 unspecified atom stereocenters. The Balaban J connectivity index is 1.48. The summed E-state index contributed by atoms with van der Waals surface area (Å²) in [6.45, 7) is 4.65. The van der Waals surface area contributed by atoms with E-state index in [1.54, 1.807) is 11.8 Å². The highest BCUT2D eigenvalue weighted by atomic mass is 32.2. The van der Waals surface area contributed by atoms with Gasteiger partial charge in [0.25, 0.3) is 0 Å². The number of benzene rings is 1. The van der Waals surface area contributed by atoms with Gasteiger partial charge in [-0.1, -0.05) is 11.8 Å². The van der Waals surface area contributed by atoms with E-state index < -0.39 is 11.6 Å². The number of rotatable bonds is 5. The van der Waals surface area contributed by atoms with Crippen LogP contribution in [-0.2, 0) is 6.54 Å². The number of carbonyl (C=O) groups is 1. The Morgan fingerprint density at radius 3 is 2.56 bits per heavy atom. The molecular weight excluding hydrogens is 344 g/mol. The first-order valence-electron chi connectivity index (χ1n) is 8.60. The summed E-state index contributed by atoms with van der Waals surface area (Å²) in [7, 11) is 0. The van der Waals surface area contributed by atoms with Gasteiger partial charge in [-0.3, -0.25) is 4.90 Å². The van der Waals surface area contributed by atoms with Gasteiger partial charge in [-0.2, -0.15) is 0 Å². The molecule has 0 spiro atoms. The van der Waals surface area contributed by atoms with Crippen LogP contribution in [0.25, 0.3) is 0 Å². The number of amides is 2. The maximum Gasteiger partial charge on any atom is 0.322 e. The molecule has 1 aromatic carbocycles. The third kappa shape index (κ3) is 3.47. The van der Waals surface area contributed by atoms with Gasteiger partial charge >= 0.3 is 6.03 Å². The van der Waals surface area contributed by atoms with E-state index in [0.29, 0.717) is 24.6 Å². The fraction of sp³-hybridized carbons (Fsp3) is 0.500. The molecular formula is C18H21F2N3OS. The molecule has 0 bridgehead atoms. The topological polar surface area (TPSA) is 26.8 Å². The summed E-state index contributed by atoms with van der Waals surface area (Å²) in [5, 5.41) is 2.01. The fourth-order valence-electron chi connectivity index (χ4n) is 3.41. The van der Waals surface area contributed by atoms with Crippen LogP contribution in [0.3, 0.4) is 0 Å². The monoisotopic (exact) mass is 365 g/mol. The van der Waals surface area contributed by atoms with Crippen LogP contribution in [-0.4, -0.2) is 45.9 Å². The fourth-order valence-corrected chi connectivity index (χ4v) is 4.59. The first-order valence-corrected chi connectivity index (χ1v) is 9.55. The number of hydrogen-bond acceptors (Lipinski definition) is 3. The minimum Gasteiger partial charge on any atom is -0.341 e. The van der Waals surface area contributed by atoms with Crippen molar-refractivity contribution in [1.82, 2.24) is 14.7 Å². The van der Waals surface area contributed by atoms with Crippen LogP contribution in [0.15, 0.2) is 29.3 Å². The van der Waals surface area contributed by atoms with Gasteiger partial charge in [0.1, 0.15) is 11.6 Å². The van der Waals surface area contributed by atoms with Crippen LogP contribution < -0.4 is 0 Å². The first-order chi connectivity index (χ1) is 12.0. The van der Waals surface area contributed by atoms with Gasteiger partial charge < -0.3 is 9.80 Å². The smallest absolute Gasteiger partial charge is 0.322 e. The molecule has 2 amide bonds. The molecule has 0 N–H and O–H groups in total. The minimum atomic E-state index is -0.576. The van der Waals surface area contributed by atoms with Gasteiger partial charge in [0.15, 0.2) is 5.50 Å².